The molecule has 1 aromatic heterocycles. The number of nitrogens with two attached hydrogens (primary N) is 1. The molecule has 0 unspecified atom stereocenters. The second-order valence-corrected chi connectivity index (χ2v) is 5.93. The summed E-state index contributed by atoms with van der Waals surface area (Å²) in [6.45, 7) is 4.23. The second-order valence-electron chi connectivity index (χ2n) is 5.93. The van der Waals surface area contributed by atoms with Gasteiger partial charge in [-0.25, -0.2) is 15.8 Å². The summed E-state index contributed by atoms with van der Waals surface area (Å²) in [5.74, 6) is 7.58. The zero-order valence-electron chi connectivity index (χ0n) is 12.7. The summed E-state index contributed by atoms with van der Waals surface area (Å²) < 4.78 is 0. The molecule has 0 bridgehead atoms. The smallest absolute Gasteiger partial charge is 0.161 e. The van der Waals surface area contributed by atoms with E-state index in [9.17, 15) is 0 Å². The van der Waals surface area contributed by atoms with Gasteiger partial charge in [0.2, 0.25) is 0 Å². The molecule has 110 valence electrons. The molecule has 0 spiro atoms. The van der Waals surface area contributed by atoms with Gasteiger partial charge in [-0.05, 0) is 43.9 Å². The molecule has 0 radical (unpaired) electrons. The van der Waals surface area contributed by atoms with Gasteiger partial charge in [-0.15, -0.1) is 0 Å². The maximum Gasteiger partial charge on any atom is 0.161 e. The van der Waals surface area contributed by atoms with Gasteiger partial charge in [0.25, 0.3) is 0 Å². The number of nitrogen functional groups attached to an aromatic ring is 1. The lowest BCUT2D eigenvalue weighted by Gasteiger charge is -2.13. The van der Waals surface area contributed by atoms with E-state index in [4.69, 9.17) is 10.8 Å². The lowest BCUT2D eigenvalue weighted by atomic mass is 10.0. The Bertz CT molecular complexity index is 645. The SMILES string of the molecule is Cc1ccc(-c2nc(NN)cc(C3CCCC3)n2)cc1C. The van der Waals surface area contributed by atoms with Crippen molar-refractivity contribution in [2.45, 2.75) is 45.4 Å². The average Bonchev–Trinajstić information content (AvgIpc) is 3.04. The lowest BCUT2D eigenvalue weighted by Crippen LogP contribution is -2.11. The Hall–Kier alpha value is -1.94. The minimum Gasteiger partial charge on any atom is -0.308 e. The molecule has 3 rings (SSSR count). The van der Waals surface area contributed by atoms with Crippen LogP contribution in [0.1, 0.15) is 48.4 Å². The number of hydrogen-bond donors (Lipinski definition) is 2. The minimum atomic E-state index is 0.547. The first-order valence-electron chi connectivity index (χ1n) is 7.60. The van der Waals surface area contributed by atoms with E-state index in [0.29, 0.717) is 11.7 Å². The van der Waals surface area contributed by atoms with Crippen molar-refractivity contribution in [2.24, 2.45) is 5.84 Å². The molecule has 0 aliphatic heterocycles. The molecule has 0 saturated heterocycles. The van der Waals surface area contributed by atoms with E-state index in [1.165, 1.54) is 36.8 Å². The topological polar surface area (TPSA) is 63.8 Å². The Balaban J connectivity index is 2.04. The first kappa shape index (κ1) is 14.0. The molecule has 1 saturated carbocycles. The number of nitrogens with zero attached hydrogens (tertiary/aromatic N) is 2. The molecule has 21 heavy (non-hydrogen) atoms. The fourth-order valence-corrected chi connectivity index (χ4v) is 2.98. The van der Waals surface area contributed by atoms with Crippen molar-refractivity contribution in [3.63, 3.8) is 0 Å². The number of hydrazine groups is 1. The van der Waals surface area contributed by atoms with Crippen LogP contribution in [0.5, 0.6) is 0 Å². The summed E-state index contributed by atoms with van der Waals surface area (Å²) in [6.07, 6.45) is 5.01. The highest BCUT2D eigenvalue weighted by Gasteiger charge is 2.20. The highest BCUT2D eigenvalue weighted by atomic mass is 15.3. The van der Waals surface area contributed by atoms with Crippen molar-refractivity contribution in [1.82, 2.24) is 9.97 Å². The highest BCUT2D eigenvalue weighted by molar-refractivity contribution is 5.59. The lowest BCUT2D eigenvalue weighted by molar-refractivity contribution is 0.695. The van der Waals surface area contributed by atoms with Gasteiger partial charge in [0.05, 0.1) is 0 Å². The van der Waals surface area contributed by atoms with E-state index in [0.717, 1.165) is 17.1 Å². The van der Waals surface area contributed by atoms with Crippen molar-refractivity contribution in [2.75, 3.05) is 5.43 Å². The Morgan fingerprint density at radius 1 is 1.05 bits per heavy atom. The van der Waals surface area contributed by atoms with Crippen LogP contribution in [0.15, 0.2) is 24.3 Å². The van der Waals surface area contributed by atoms with Gasteiger partial charge < -0.3 is 5.43 Å². The van der Waals surface area contributed by atoms with Crippen LogP contribution in [0.2, 0.25) is 0 Å². The largest absolute Gasteiger partial charge is 0.308 e. The maximum absolute atomic E-state index is 5.58. The van der Waals surface area contributed by atoms with Gasteiger partial charge in [0, 0.05) is 23.2 Å². The quantitative estimate of drug-likeness (QED) is 0.665. The van der Waals surface area contributed by atoms with E-state index in [-0.39, 0.29) is 0 Å². The van der Waals surface area contributed by atoms with Crippen molar-refractivity contribution in [3.8, 4) is 11.4 Å². The summed E-state index contributed by atoms with van der Waals surface area (Å²) in [5.41, 5.74) is 7.38. The number of aromatic nitrogens is 2. The predicted octanol–water partition coefficient (Wildman–Crippen LogP) is 3.70. The Kier molecular flexibility index (Phi) is 3.88. The number of aryl methyl sites for hydroxylation is 2. The fraction of sp³-hybridized carbons (Fsp3) is 0.412. The van der Waals surface area contributed by atoms with Gasteiger partial charge in [0.1, 0.15) is 5.82 Å². The normalized spacial score (nSPS) is 15.4. The van der Waals surface area contributed by atoms with Gasteiger partial charge in [-0.3, -0.25) is 0 Å². The first-order chi connectivity index (χ1) is 10.2. The first-order valence-corrected chi connectivity index (χ1v) is 7.60. The van der Waals surface area contributed by atoms with Gasteiger partial charge in [-0.1, -0.05) is 25.0 Å². The predicted molar refractivity (Wildman–Crippen MR) is 86.0 cm³/mol. The summed E-state index contributed by atoms with van der Waals surface area (Å²) in [6, 6.07) is 8.33. The standard InChI is InChI=1S/C17H22N4/c1-11-7-8-14(9-12(11)2)17-19-15(10-16(20-17)21-18)13-5-3-4-6-13/h7-10,13H,3-6,18H2,1-2H3,(H,19,20,21). The van der Waals surface area contributed by atoms with Crippen LogP contribution in [0.25, 0.3) is 11.4 Å². The monoisotopic (exact) mass is 282 g/mol. The summed E-state index contributed by atoms with van der Waals surface area (Å²) >= 11 is 0. The molecule has 1 aromatic carbocycles. The Morgan fingerprint density at radius 2 is 1.81 bits per heavy atom. The number of hydrogen-bond acceptors (Lipinski definition) is 4. The number of rotatable bonds is 3. The van der Waals surface area contributed by atoms with Crippen molar-refractivity contribution in [3.05, 3.63) is 41.1 Å². The molecule has 4 nitrogen and oxygen atoms in total. The van der Waals surface area contributed by atoms with Crippen LogP contribution >= 0.6 is 0 Å². The van der Waals surface area contributed by atoms with Crippen LogP contribution in [0.4, 0.5) is 5.82 Å². The summed E-state index contributed by atoms with van der Waals surface area (Å²) in [7, 11) is 0. The maximum atomic E-state index is 5.58. The molecular weight excluding hydrogens is 260 g/mol. The van der Waals surface area contributed by atoms with Crippen LogP contribution in [-0.4, -0.2) is 9.97 Å². The second kappa shape index (κ2) is 5.82. The molecule has 3 N–H and O–H groups in total. The van der Waals surface area contributed by atoms with Crippen molar-refractivity contribution >= 4 is 5.82 Å². The summed E-state index contributed by atoms with van der Waals surface area (Å²) in [4.78, 5) is 9.31. The number of nitrogens with one attached hydrogen (secondary N) is 1. The van der Waals surface area contributed by atoms with Gasteiger partial charge in [0.15, 0.2) is 5.82 Å². The van der Waals surface area contributed by atoms with Gasteiger partial charge >= 0.3 is 0 Å². The van der Waals surface area contributed by atoms with E-state index in [1.807, 2.05) is 6.07 Å². The zero-order valence-corrected chi connectivity index (χ0v) is 12.7. The van der Waals surface area contributed by atoms with Crippen LogP contribution < -0.4 is 11.3 Å². The van der Waals surface area contributed by atoms with Crippen LogP contribution in [0, 0.1) is 13.8 Å². The molecule has 1 fully saturated rings. The molecule has 1 heterocycles. The zero-order chi connectivity index (χ0) is 14.8. The highest BCUT2D eigenvalue weighted by Crippen LogP contribution is 2.34. The van der Waals surface area contributed by atoms with E-state index in [1.54, 1.807) is 0 Å². The average molecular weight is 282 g/mol. The number of benzene rings is 1. The minimum absolute atomic E-state index is 0.547. The molecular formula is C17H22N4. The van der Waals surface area contributed by atoms with Crippen molar-refractivity contribution in [1.29, 1.82) is 0 Å². The molecule has 0 amide bonds. The van der Waals surface area contributed by atoms with Gasteiger partial charge in [-0.2, -0.15) is 0 Å². The van der Waals surface area contributed by atoms with Crippen molar-refractivity contribution < 1.29 is 0 Å². The molecule has 1 aliphatic rings. The van der Waals surface area contributed by atoms with Crippen LogP contribution in [0.3, 0.4) is 0 Å². The van der Waals surface area contributed by atoms with E-state index < -0.39 is 0 Å². The van der Waals surface area contributed by atoms with E-state index in [2.05, 4.69) is 42.5 Å². The third-order valence-electron chi connectivity index (χ3n) is 4.43. The summed E-state index contributed by atoms with van der Waals surface area (Å²) in [5, 5.41) is 0. The molecule has 1 aliphatic carbocycles. The molecule has 4 heteroatoms. The molecule has 2 aromatic rings. The number of anilines is 1. The Labute approximate surface area is 125 Å². The van der Waals surface area contributed by atoms with E-state index >= 15 is 0 Å². The third-order valence-corrected chi connectivity index (χ3v) is 4.43. The third kappa shape index (κ3) is 2.90. The van der Waals surface area contributed by atoms with Crippen LogP contribution in [-0.2, 0) is 0 Å². The fourth-order valence-electron chi connectivity index (χ4n) is 2.98. The Morgan fingerprint density at radius 3 is 2.48 bits per heavy atom. The molecule has 0 atom stereocenters.